The standard InChI is InChI=1S/C18H21N3O2/c1-13-9-14(2)11-15(10-13)18(22)20-17-4-3-16(12-19-17)21-5-7-23-8-6-21/h3-4,9-12H,5-8H2,1-2H3,(H,19,20,22). The van der Waals surface area contributed by atoms with Crippen LogP contribution in [0, 0.1) is 13.8 Å². The number of carbonyl (C=O) groups excluding carboxylic acids is 1. The monoisotopic (exact) mass is 311 g/mol. The molecule has 3 rings (SSSR count). The smallest absolute Gasteiger partial charge is 0.256 e. The van der Waals surface area contributed by atoms with Crippen molar-refractivity contribution >= 4 is 17.4 Å². The van der Waals surface area contributed by atoms with E-state index in [2.05, 4.69) is 15.2 Å². The molecule has 1 aromatic heterocycles. The van der Waals surface area contributed by atoms with Gasteiger partial charge in [-0.1, -0.05) is 17.2 Å². The van der Waals surface area contributed by atoms with Crippen molar-refractivity contribution in [1.29, 1.82) is 0 Å². The van der Waals surface area contributed by atoms with E-state index in [1.165, 1.54) is 0 Å². The maximum Gasteiger partial charge on any atom is 0.256 e. The van der Waals surface area contributed by atoms with Crippen LogP contribution in [0.2, 0.25) is 0 Å². The molecule has 1 fully saturated rings. The fourth-order valence-electron chi connectivity index (χ4n) is 2.76. The van der Waals surface area contributed by atoms with E-state index in [0.717, 1.165) is 43.1 Å². The van der Waals surface area contributed by atoms with Gasteiger partial charge < -0.3 is 15.0 Å². The van der Waals surface area contributed by atoms with Crippen molar-refractivity contribution in [3.05, 3.63) is 53.2 Å². The molecule has 120 valence electrons. The number of aromatic nitrogens is 1. The summed E-state index contributed by atoms with van der Waals surface area (Å²) in [5, 5.41) is 2.85. The SMILES string of the molecule is Cc1cc(C)cc(C(=O)Nc2ccc(N3CCOCC3)cn2)c1. The van der Waals surface area contributed by atoms with Crippen LogP contribution in [0.1, 0.15) is 21.5 Å². The molecule has 0 saturated carbocycles. The predicted molar refractivity (Wildman–Crippen MR) is 91.1 cm³/mol. The van der Waals surface area contributed by atoms with Crippen LogP contribution in [-0.2, 0) is 4.74 Å². The minimum Gasteiger partial charge on any atom is -0.378 e. The molecule has 0 spiro atoms. The van der Waals surface area contributed by atoms with E-state index in [1.807, 2.05) is 44.2 Å². The molecule has 2 aromatic rings. The molecule has 0 unspecified atom stereocenters. The number of benzene rings is 1. The van der Waals surface area contributed by atoms with Gasteiger partial charge in [0.05, 0.1) is 25.1 Å². The van der Waals surface area contributed by atoms with E-state index in [9.17, 15) is 4.79 Å². The lowest BCUT2D eigenvalue weighted by molar-refractivity contribution is 0.102. The van der Waals surface area contributed by atoms with Gasteiger partial charge in [-0.3, -0.25) is 4.79 Å². The molecular weight excluding hydrogens is 290 g/mol. The van der Waals surface area contributed by atoms with E-state index >= 15 is 0 Å². The zero-order valence-electron chi connectivity index (χ0n) is 13.5. The van der Waals surface area contributed by atoms with Crippen molar-refractivity contribution in [2.45, 2.75) is 13.8 Å². The van der Waals surface area contributed by atoms with E-state index < -0.39 is 0 Å². The van der Waals surface area contributed by atoms with Crippen molar-refractivity contribution in [3.63, 3.8) is 0 Å². The summed E-state index contributed by atoms with van der Waals surface area (Å²) in [5.74, 6) is 0.426. The Hall–Kier alpha value is -2.40. The summed E-state index contributed by atoms with van der Waals surface area (Å²) < 4.78 is 5.35. The van der Waals surface area contributed by atoms with E-state index in [0.29, 0.717) is 11.4 Å². The van der Waals surface area contributed by atoms with Gasteiger partial charge in [0, 0.05) is 18.7 Å². The lowest BCUT2D eigenvalue weighted by Crippen LogP contribution is -2.36. The lowest BCUT2D eigenvalue weighted by Gasteiger charge is -2.28. The number of morpholine rings is 1. The van der Waals surface area contributed by atoms with Crippen LogP contribution in [0.15, 0.2) is 36.5 Å². The minimum absolute atomic E-state index is 0.136. The summed E-state index contributed by atoms with van der Waals surface area (Å²) in [6, 6.07) is 9.63. The molecule has 0 radical (unpaired) electrons. The first-order valence-corrected chi connectivity index (χ1v) is 7.80. The fourth-order valence-corrected chi connectivity index (χ4v) is 2.76. The van der Waals surface area contributed by atoms with Gasteiger partial charge in [0.1, 0.15) is 5.82 Å². The van der Waals surface area contributed by atoms with Crippen LogP contribution < -0.4 is 10.2 Å². The van der Waals surface area contributed by atoms with Gasteiger partial charge in [-0.15, -0.1) is 0 Å². The first-order chi connectivity index (χ1) is 11.1. The number of ether oxygens (including phenoxy) is 1. The lowest BCUT2D eigenvalue weighted by atomic mass is 10.1. The van der Waals surface area contributed by atoms with Crippen LogP contribution >= 0.6 is 0 Å². The molecule has 5 nitrogen and oxygen atoms in total. The topological polar surface area (TPSA) is 54.5 Å². The second-order valence-electron chi connectivity index (χ2n) is 5.83. The second-order valence-corrected chi connectivity index (χ2v) is 5.83. The molecule has 23 heavy (non-hydrogen) atoms. The van der Waals surface area contributed by atoms with Crippen LogP contribution in [-0.4, -0.2) is 37.2 Å². The Kier molecular flexibility index (Phi) is 4.57. The van der Waals surface area contributed by atoms with Crippen molar-refractivity contribution in [2.75, 3.05) is 36.5 Å². The highest BCUT2D eigenvalue weighted by Crippen LogP contribution is 2.17. The molecule has 0 aliphatic carbocycles. The molecule has 5 heteroatoms. The summed E-state index contributed by atoms with van der Waals surface area (Å²) in [6.45, 7) is 7.20. The molecule has 1 aliphatic heterocycles. The van der Waals surface area contributed by atoms with Crippen molar-refractivity contribution in [3.8, 4) is 0 Å². The summed E-state index contributed by atoms with van der Waals surface area (Å²) in [6.07, 6.45) is 1.79. The van der Waals surface area contributed by atoms with Gasteiger partial charge in [-0.2, -0.15) is 0 Å². The third kappa shape index (κ3) is 3.87. The normalized spacial score (nSPS) is 14.6. The summed E-state index contributed by atoms with van der Waals surface area (Å²) in [5.41, 5.74) is 3.86. The Morgan fingerprint density at radius 2 is 1.83 bits per heavy atom. The quantitative estimate of drug-likeness (QED) is 0.947. The average Bonchev–Trinajstić information content (AvgIpc) is 2.55. The minimum atomic E-state index is -0.136. The molecule has 2 heterocycles. The Morgan fingerprint density at radius 3 is 2.43 bits per heavy atom. The number of hydrogen-bond acceptors (Lipinski definition) is 4. The van der Waals surface area contributed by atoms with Gasteiger partial charge in [0.2, 0.25) is 0 Å². The van der Waals surface area contributed by atoms with Gasteiger partial charge in [-0.05, 0) is 38.1 Å². The highest BCUT2D eigenvalue weighted by atomic mass is 16.5. The first-order valence-electron chi connectivity index (χ1n) is 7.80. The highest BCUT2D eigenvalue weighted by Gasteiger charge is 2.12. The molecule has 0 bridgehead atoms. The number of nitrogens with one attached hydrogen (secondary N) is 1. The number of pyridine rings is 1. The largest absolute Gasteiger partial charge is 0.378 e. The first kappa shape index (κ1) is 15.5. The van der Waals surface area contributed by atoms with E-state index in [4.69, 9.17) is 4.74 Å². The number of nitrogens with zero attached hydrogens (tertiary/aromatic N) is 2. The molecule has 1 N–H and O–H groups in total. The van der Waals surface area contributed by atoms with Gasteiger partial charge >= 0.3 is 0 Å². The molecule has 1 aromatic carbocycles. The second kappa shape index (κ2) is 6.79. The molecule has 1 amide bonds. The summed E-state index contributed by atoms with van der Waals surface area (Å²) in [7, 11) is 0. The van der Waals surface area contributed by atoms with Crippen LogP contribution in [0.25, 0.3) is 0 Å². The summed E-state index contributed by atoms with van der Waals surface area (Å²) in [4.78, 5) is 18.9. The third-order valence-corrected chi connectivity index (χ3v) is 3.85. The number of amides is 1. The van der Waals surface area contributed by atoms with Gasteiger partial charge in [-0.25, -0.2) is 4.98 Å². The van der Waals surface area contributed by atoms with E-state index in [-0.39, 0.29) is 5.91 Å². The molecule has 0 atom stereocenters. The average molecular weight is 311 g/mol. The summed E-state index contributed by atoms with van der Waals surface area (Å²) >= 11 is 0. The number of carbonyl (C=O) groups is 1. The molecule has 1 aliphatic rings. The third-order valence-electron chi connectivity index (χ3n) is 3.85. The molecular formula is C18H21N3O2. The number of aryl methyl sites for hydroxylation is 2. The van der Waals surface area contributed by atoms with Crippen molar-refractivity contribution in [2.24, 2.45) is 0 Å². The van der Waals surface area contributed by atoms with Gasteiger partial charge in [0.15, 0.2) is 0 Å². The Balaban J connectivity index is 1.68. The maximum absolute atomic E-state index is 12.3. The maximum atomic E-state index is 12.3. The van der Waals surface area contributed by atoms with Crippen molar-refractivity contribution < 1.29 is 9.53 Å². The van der Waals surface area contributed by atoms with Gasteiger partial charge in [0.25, 0.3) is 5.91 Å². The van der Waals surface area contributed by atoms with Crippen LogP contribution in [0.4, 0.5) is 11.5 Å². The molecule has 1 saturated heterocycles. The fraction of sp³-hybridized carbons (Fsp3) is 0.333. The predicted octanol–water partition coefficient (Wildman–Crippen LogP) is 2.79. The zero-order chi connectivity index (χ0) is 16.2. The van der Waals surface area contributed by atoms with Crippen molar-refractivity contribution in [1.82, 2.24) is 4.98 Å². The zero-order valence-corrected chi connectivity index (χ0v) is 13.5. The number of anilines is 2. The Bertz CT molecular complexity index is 672. The Labute approximate surface area is 136 Å². The van der Waals surface area contributed by atoms with E-state index in [1.54, 1.807) is 6.20 Å². The number of rotatable bonds is 3. The van der Waals surface area contributed by atoms with Crippen LogP contribution in [0.5, 0.6) is 0 Å². The number of hydrogen-bond donors (Lipinski definition) is 1. The van der Waals surface area contributed by atoms with Crippen LogP contribution in [0.3, 0.4) is 0 Å². The Morgan fingerprint density at radius 1 is 1.13 bits per heavy atom. The highest BCUT2D eigenvalue weighted by molar-refractivity contribution is 6.04.